The van der Waals surface area contributed by atoms with Crippen LogP contribution in [0.5, 0.6) is 0 Å². The maximum atomic E-state index is 11.9. The lowest BCUT2D eigenvalue weighted by Crippen LogP contribution is -2.21. The van der Waals surface area contributed by atoms with Crippen LogP contribution in [-0.2, 0) is 4.79 Å². The summed E-state index contributed by atoms with van der Waals surface area (Å²) in [4.78, 5) is 11.9. The van der Waals surface area contributed by atoms with Gasteiger partial charge in [-0.1, -0.05) is 31.0 Å². The van der Waals surface area contributed by atoms with Crippen molar-refractivity contribution in [3.05, 3.63) is 29.8 Å². The fraction of sp³-hybridized carbons (Fsp3) is 0.533. The molecule has 2 unspecified atom stereocenters. The van der Waals surface area contributed by atoms with Crippen molar-refractivity contribution in [2.24, 2.45) is 11.7 Å². The largest absolute Gasteiger partial charge is 0.328 e. The average Bonchev–Trinajstić information content (AvgIpc) is 2.31. The summed E-state index contributed by atoms with van der Waals surface area (Å²) < 4.78 is 0. The van der Waals surface area contributed by atoms with E-state index >= 15 is 0 Å². The molecule has 1 aromatic carbocycles. The molecule has 2 atom stereocenters. The van der Waals surface area contributed by atoms with Crippen LogP contribution >= 0.6 is 0 Å². The van der Waals surface area contributed by atoms with Crippen molar-refractivity contribution in [3.63, 3.8) is 0 Å². The van der Waals surface area contributed by atoms with Gasteiger partial charge in [-0.05, 0) is 38.8 Å². The number of anilines is 1. The van der Waals surface area contributed by atoms with Crippen molar-refractivity contribution < 1.29 is 4.79 Å². The molecule has 0 heterocycles. The molecular weight excluding hydrogens is 224 g/mol. The maximum absolute atomic E-state index is 11.9. The zero-order chi connectivity index (χ0) is 13.5. The van der Waals surface area contributed by atoms with Gasteiger partial charge in [-0.15, -0.1) is 0 Å². The first kappa shape index (κ1) is 14.7. The van der Waals surface area contributed by atoms with Crippen LogP contribution < -0.4 is 11.1 Å². The minimum absolute atomic E-state index is 0.0325. The smallest absolute Gasteiger partial charge is 0.227 e. The predicted molar refractivity (Wildman–Crippen MR) is 76.5 cm³/mol. The molecule has 3 nitrogen and oxygen atoms in total. The summed E-state index contributed by atoms with van der Waals surface area (Å²) in [5, 5.41) is 2.94. The van der Waals surface area contributed by atoms with Gasteiger partial charge in [0, 0.05) is 17.6 Å². The van der Waals surface area contributed by atoms with Gasteiger partial charge in [-0.25, -0.2) is 0 Å². The molecule has 3 N–H and O–H groups in total. The van der Waals surface area contributed by atoms with E-state index in [2.05, 4.69) is 5.32 Å². The molecule has 3 heteroatoms. The first-order valence-electron chi connectivity index (χ1n) is 6.62. The minimum Gasteiger partial charge on any atom is -0.328 e. The third kappa shape index (κ3) is 5.32. The Morgan fingerprint density at radius 2 is 1.83 bits per heavy atom. The Morgan fingerprint density at radius 1 is 1.22 bits per heavy atom. The van der Waals surface area contributed by atoms with Crippen LogP contribution in [0.2, 0.25) is 0 Å². The van der Waals surface area contributed by atoms with E-state index in [-0.39, 0.29) is 17.9 Å². The summed E-state index contributed by atoms with van der Waals surface area (Å²) in [6, 6.07) is 8.08. The Kier molecular flexibility index (Phi) is 5.86. The highest BCUT2D eigenvalue weighted by molar-refractivity contribution is 5.92. The Labute approximate surface area is 110 Å². The average molecular weight is 248 g/mol. The van der Waals surface area contributed by atoms with Crippen LogP contribution in [0.15, 0.2) is 24.3 Å². The van der Waals surface area contributed by atoms with Gasteiger partial charge in [0.1, 0.15) is 0 Å². The third-order valence-corrected chi connectivity index (χ3v) is 3.06. The molecule has 0 saturated carbocycles. The van der Waals surface area contributed by atoms with Crippen molar-refractivity contribution in [1.82, 2.24) is 0 Å². The first-order chi connectivity index (χ1) is 8.49. The Bertz CT molecular complexity index is 371. The van der Waals surface area contributed by atoms with Gasteiger partial charge in [0.15, 0.2) is 0 Å². The van der Waals surface area contributed by atoms with E-state index in [1.165, 1.54) is 5.56 Å². The van der Waals surface area contributed by atoms with E-state index in [9.17, 15) is 4.79 Å². The highest BCUT2D eigenvalue weighted by Crippen LogP contribution is 2.14. The molecule has 0 bridgehead atoms. The molecule has 1 aromatic rings. The number of carbonyl (C=O) groups excluding carboxylic acids is 1. The van der Waals surface area contributed by atoms with Gasteiger partial charge in [0.05, 0.1) is 0 Å². The number of rotatable bonds is 6. The van der Waals surface area contributed by atoms with Crippen LogP contribution in [0, 0.1) is 12.8 Å². The topological polar surface area (TPSA) is 55.1 Å². The third-order valence-electron chi connectivity index (χ3n) is 3.06. The highest BCUT2D eigenvalue weighted by Gasteiger charge is 2.12. The molecule has 0 radical (unpaired) electrons. The van der Waals surface area contributed by atoms with E-state index in [4.69, 9.17) is 5.73 Å². The quantitative estimate of drug-likeness (QED) is 0.812. The standard InChI is InChI=1S/C15H24N2O/c1-11-7-9-14(10-8-11)17-15(18)12(2)5-4-6-13(3)16/h7-10,12-13H,4-6,16H2,1-3H3,(H,17,18). The molecule has 0 saturated heterocycles. The summed E-state index contributed by atoms with van der Waals surface area (Å²) in [5.41, 5.74) is 7.75. The molecule has 0 aliphatic heterocycles. The fourth-order valence-corrected chi connectivity index (χ4v) is 1.78. The lowest BCUT2D eigenvalue weighted by molar-refractivity contribution is -0.119. The number of hydrogen-bond donors (Lipinski definition) is 2. The monoisotopic (exact) mass is 248 g/mol. The molecule has 1 amide bonds. The molecule has 0 aliphatic rings. The van der Waals surface area contributed by atoms with E-state index in [1.807, 2.05) is 45.0 Å². The maximum Gasteiger partial charge on any atom is 0.227 e. The van der Waals surface area contributed by atoms with Gasteiger partial charge in [-0.3, -0.25) is 4.79 Å². The van der Waals surface area contributed by atoms with Crippen LogP contribution in [0.3, 0.4) is 0 Å². The number of nitrogens with two attached hydrogens (primary N) is 1. The highest BCUT2D eigenvalue weighted by atomic mass is 16.1. The lowest BCUT2D eigenvalue weighted by Gasteiger charge is -2.13. The van der Waals surface area contributed by atoms with E-state index in [0.29, 0.717) is 0 Å². The number of amides is 1. The van der Waals surface area contributed by atoms with Crippen LogP contribution in [0.1, 0.15) is 38.7 Å². The number of benzene rings is 1. The van der Waals surface area contributed by atoms with Crippen molar-refractivity contribution in [3.8, 4) is 0 Å². The second-order valence-corrected chi connectivity index (χ2v) is 5.16. The molecule has 18 heavy (non-hydrogen) atoms. The molecule has 0 aliphatic carbocycles. The van der Waals surface area contributed by atoms with Crippen LogP contribution in [0.4, 0.5) is 5.69 Å². The number of carbonyl (C=O) groups is 1. The molecule has 0 spiro atoms. The van der Waals surface area contributed by atoms with Crippen molar-refractivity contribution in [1.29, 1.82) is 0 Å². The SMILES string of the molecule is Cc1ccc(NC(=O)C(C)CCCC(C)N)cc1. The lowest BCUT2D eigenvalue weighted by atomic mass is 10.0. The zero-order valence-corrected chi connectivity index (χ0v) is 11.6. The minimum atomic E-state index is 0.0325. The predicted octanol–water partition coefficient (Wildman–Crippen LogP) is 3.09. The molecule has 0 aromatic heterocycles. The summed E-state index contributed by atoms with van der Waals surface area (Å²) in [5.74, 6) is 0.119. The molecule has 0 fully saturated rings. The summed E-state index contributed by atoms with van der Waals surface area (Å²) in [7, 11) is 0. The first-order valence-corrected chi connectivity index (χ1v) is 6.62. The molecule has 100 valence electrons. The van der Waals surface area contributed by atoms with E-state index in [1.54, 1.807) is 0 Å². The Balaban J connectivity index is 2.37. The van der Waals surface area contributed by atoms with Gasteiger partial charge < -0.3 is 11.1 Å². The van der Waals surface area contributed by atoms with Crippen LogP contribution in [0.25, 0.3) is 0 Å². The summed E-state index contributed by atoms with van der Waals surface area (Å²) in [6.45, 7) is 5.99. The van der Waals surface area contributed by atoms with Gasteiger partial charge >= 0.3 is 0 Å². The van der Waals surface area contributed by atoms with Crippen LogP contribution in [-0.4, -0.2) is 11.9 Å². The summed E-state index contributed by atoms with van der Waals surface area (Å²) >= 11 is 0. The van der Waals surface area contributed by atoms with Gasteiger partial charge in [0.25, 0.3) is 0 Å². The van der Waals surface area contributed by atoms with Crippen molar-refractivity contribution in [2.45, 2.75) is 46.1 Å². The number of nitrogens with one attached hydrogen (secondary N) is 1. The molecule has 1 rings (SSSR count). The van der Waals surface area contributed by atoms with Gasteiger partial charge in [0.2, 0.25) is 5.91 Å². The fourth-order valence-electron chi connectivity index (χ4n) is 1.78. The van der Waals surface area contributed by atoms with Crippen molar-refractivity contribution >= 4 is 11.6 Å². The van der Waals surface area contributed by atoms with Gasteiger partial charge in [-0.2, -0.15) is 0 Å². The normalized spacial score (nSPS) is 14.0. The molecular formula is C15H24N2O. The Morgan fingerprint density at radius 3 is 2.39 bits per heavy atom. The second-order valence-electron chi connectivity index (χ2n) is 5.16. The zero-order valence-electron chi connectivity index (χ0n) is 11.6. The number of aryl methyl sites for hydroxylation is 1. The Hall–Kier alpha value is -1.35. The van der Waals surface area contributed by atoms with E-state index < -0.39 is 0 Å². The number of hydrogen-bond acceptors (Lipinski definition) is 2. The van der Waals surface area contributed by atoms with Crippen molar-refractivity contribution in [2.75, 3.05) is 5.32 Å². The van der Waals surface area contributed by atoms with E-state index in [0.717, 1.165) is 24.9 Å². The summed E-state index contributed by atoms with van der Waals surface area (Å²) in [6.07, 6.45) is 2.86. The second kappa shape index (κ2) is 7.17.